The molecule has 0 heterocycles. The summed E-state index contributed by atoms with van der Waals surface area (Å²) in [4.78, 5) is 45.1. The number of nitrogens with one attached hydrogen (secondary N) is 2. The van der Waals surface area contributed by atoms with Crippen LogP contribution < -0.4 is 20.3 Å². The van der Waals surface area contributed by atoms with Crippen LogP contribution in [0.1, 0.15) is 25.0 Å². The van der Waals surface area contributed by atoms with Gasteiger partial charge in [0.15, 0.2) is 0 Å². The van der Waals surface area contributed by atoms with Gasteiger partial charge in [-0.05, 0) is 59.7 Å². The standard InChI is InChI=1S/C20H18N4O6/c1-13(25)29-17-7-3-15(4-8-17)11-21-23-19(27)20(28)24-22-12-16-5-9-18(10-6-16)30-14(2)26/h3-12H,1-2H3,(H,23,27)(H,24,28)/b21-11-,22-12-. The first-order valence-electron chi connectivity index (χ1n) is 8.57. The molecule has 10 nitrogen and oxygen atoms in total. The van der Waals surface area contributed by atoms with Crippen molar-refractivity contribution < 1.29 is 28.7 Å². The molecule has 0 aliphatic rings. The molecule has 0 saturated carbocycles. The monoisotopic (exact) mass is 410 g/mol. The summed E-state index contributed by atoms with van der Waals surface area (Å²) in [5, 5.41) is 7.33. The van der Waals surface area contributed by atoms with Crippen molar-refractivity contribution in [3.8, 4) is 11.5 Å². The molecule has 30 heavy (non-hydrogen) atoms. The average molecular weight is 410 g/mol. The Morgan fingerprint density at radius 1 is 0.667 bits per heavy atom. The summed E-state index contributed by atoms with van der Waals surface area (Å²) >= 11 is 0. The van der Waals surface area contributed by atoms with Gasteiger partial charge in [0.1, 0.15) is 11.5 Å². The highest BCUT2D eigenvalue weighted by atomic mass is 16.5. The molecule has 2 aromatic rings. The molecule has 0 atom stereocenters. The average Bonchev–Trinajstić information content (AvgIpc) is 2.69. The Morgan fingerprint density at radius 3 is 1.30 bits per heavy atom. The van der Waals surface area contributed by atoms with E-state index in [2.05, 4.69) is 21.1 Å². The largest absolute Gasteiger partial charge is 0.427 e. The highest BCUT2D eigenvalue weighted by molar-refractivity contribution is 6.35. The molecule has 0 spiro atoms. The summed E-state index contributed by atoms with van der Waals surface area (Å²) in [7, 11) is 0. The van der Waals surface area contributed by atoms with Gasteiger partial charge in [0.25, 0.3) is 0 Å². The minimum absolute atomic E-state index is 0.377. The SMILES string of the molecule is CC(=O)Oc1ccc(/C=N\NC(=O)C(=O)N/N=C\c2ccc(OC(C)=O)cc2)cc1. The molecule has 0 aliphatic carbocycles. The number of amides is 2. The van der Waals surface area contributed by atoms with Gasteiger partial charge in [-0.25, -0.2) is 10.9 Å². The number of hydrazone groups is 2. The van der Waals surface area contributed by atoms with E-state index in [4.69, 9.17) is 9.47 Å². The van der Waals surface area contributed by atoms with Crippen molar-refractivity contribution in [2.75, 3.05) is 0 Å². The van der Waals surface area contributed by atoms with E-state index in [9.17, 15) is 19.2 Å². The van der Waals surface area contributed by atoms with Crippen molar-refractivity contribution in [1.82, 2.24) is 10.9 Å². The fourth-order valence-electron chi connectivity index (χ4n) is 2.01. The van der Waals surface area contributed by atoms with Crippen LogP contribution in [-0.4, -0.2) is 36.2 Å². The number of nitrogens with zero attached hydrogens (tertiary/aromatic N) is 2. The van der Waals surface area contributed by atoms with Gasteiger partial charge in [0.05, 0.1) is 12.4 Å². The van der Waals surface area contributed by atoms with Gasteiger partial charge in [0, 0.05) is 13.8 Å². The maximum Gasteiger partial charge on any atom is 0.331 e. The van der Waals surface area contributed by atoms with Crippen molar-refractivity contribution in [3.05, 3.63) is 59.7 Å². The summed E-state index contributed by atoms with van der Waals surface area (Å²) in [6.45, 7) is 2.59. The van der Waals surface area contributed by atoms with Gasteiger partial charge < -0.3 is 9.47 Å². The minimum Gasteiger partial charge on any atom is -0.427 e. The highest BCUT2D eigenvalue weighted by Gasteiger charge is 2.11. The number of hydrogen-bond acceptors (Lipinski definition) is 8. The second kappa shape index (κ2) is 10.9. The number of esters is 2. The Labute approximate surface area is 171 Å². The molecule has 0 bridgehead atoms. The highest BCUT2D eigenvalue weighted by Crippen LogP contribution is 2.11. The second-order valence-corrected chi connectivity index (χ2v) is 5.72. The van der Waals surface area contributed by atoms with E-state index in [0.29, 0.717) is 22.6 Å². The first-order valence-corrected chi connectivity index (χ1v) is 8.57. The lowest BCUT2D eigenvalue weighted by Gasteiger charge is -2.01. The fraction of sp³-hybridized carbons (Fsp3) is 0.100. The van der Waals surface area contributed by atoms with Gasteiger partial charge in [0.2, 0.25) is 0 Å². The maximum atomic E-state index is 11.7. The molecular weight excluding hydrogens is 392 g/mol. The van der Waals surface area contributed by atoms with Crippen molar-refractivity contribution in [3.63, 3.8) is 0 Å². The Morgan fingerprint density at radius 2 is 1.00 bits per heavy atom. The molecule has 0 fully saturated rings. The molecule has 0 aromatic heterocycles. The van der Waals surface area contributed by atoms with Crippen LogP contribution >= 0.6 is 0 Å². The van der Waals surface area contributed by atoms with E-state index in [-0.39, 0.29) is 0 Å². The molecule has 2 N–H and O–H groups in total. The van der Waals surface area contributed by atoms with Crippen molar-refractivity contribution in [2.45, 2.75) is 13.8 Å². The van der Waals surface area contributed by atoms with E-state index >= 15 is 0 Å². The molecule has 0 saturated heterocycles. The Bertz CT molecular complexity index is 900. The molecule has 0 radical (unpaired) electrons. The van der Waals surface area contributed by atoms with Crippen LogP contribution in [0.15, 0.2) is 58.7 Å². The lowest BCUT2D eigenvalue weighted by molar-refractivity contribution is -0.139. The summed E-state index contributed by atoms with van der Waals surface area (Å²) < 4.78 is 9.79. The predicted molar refractivity (Wildman–Crippen MR) is 107 cm³/mol. The van der Waals surface area contributed by atoms with Crippen molar-refractivity contribution in [2.24, 2.45) is 10.2 Å². The van der Waals surface area contributed by atoms with Gasteiger partial charge in [-0.2, -0.15) is 10.2 Å². The summed E-state index contributed by atoms with van der Waals surface area (Å²) in [6.07, 6.45) is 2.63. The molecule has 2 rings (SSSR count). The van der Waals surface area contributed by atoms with Gasteiger partial charge >= 0.3 is 23.8 Å². The zero-order valence-corrected chi connectivity index (χ0v) is 16.1. The molecular formula is C20H18N4O6. The van der Waals surface area contributed by atoms with Crippen LogP contribution in [0.25, 0.3) is 0 Å². The molecule has 10 heteroatoms. The van der Waals surface area contributed by atoms with E-state index in [0.717, 1.165) is 0 Å². The van der Waals surface area contributed by atoms with E-state index in [1.165, 1.54) is 26.3 Å². The van der Waals surface area contributed by atoms with Crippen LogP contribution in [0.2, 0.25) is 0 Å². The third-order valence-electron chi connectivity index (χ3n) is 3.25. The number of carbonyl (C=O) groups excluding carboxylic acids is 4. The lowest BCUT2D eigenvalue weighted by Crippen LogP contribution is -2.35. The number of hydrogen-bond donors (Lipinski definition) is 2. The van der Waals surface area contributed by atoms with Crippen molar-refractivity contribution in [1.29, 1.82) is 0 Å². The van der Waals surface area contributed by atoms with Crippen LogP contribution in [0.5, 0.6) is 11.5 Å². The number of rotatable bonds is 6. The molecule has 2 amide bonds. The van der Waals surface area contributed by atoms with Crippen molar-refractivity contribution >= 4 is 36.2 Å². The molecule has 2 aromatic carbocycles. The van der Waals surface area contributed by atoms with E-state index < -0.39 is 23.8 Å². The lowest BCUT2D eigenvalue weighted by atomic mass is 10.2. The first kappa shape index (κ1) is 22.0. The minimum atomic E-state index is -1.01. The van der Waals surface area contributed by atoms with E-state index in [1.807, 2.05) is 0 Å². The Balaban J connectivity index is 1.79. The topological polar surface area (TPSA) is 136 Å². The van der Waals surface area contributed by atoms with Crippen LogP contribution in [0, 0.1) is 0 Å². The zero-order valence-electron chi connectivity index (χ0n) is 16.1. The number of ether oxygens (including phenoxy) is 2. The third-order valence-corrected chi connectivity index (χ3v) is 3.25. The van der Waals surface area contributed by atoms with Crippen LogP contribution in [0.4, 0.5) is 0 Å². The van der Waals surface area contributed by atoms with Crippen LogP contribution in [-0.2, 0) is 19.2 Å². The number of carbonyl (C=O) groups is 4. The molecule has 0 aliphatic heterocycles. The van der Waals surface area contributed by atoms with Crippen LogP contribution in [0.3, 0.4) is 0 Å². The summed E-state index contributed by atoms with van der Waals surface area (Å²) in [5.41, 5.74) is 5.35. The predicted octanol–water partition coefficient (Wildman–Crippen LogP) is 1.14. The van der Waals surface area contributed by atoms with Gasteiger partial charge in [-0.1, -0.05) is 0 Å². The quantitative estimate of drug-likeness (QED) is 0.241. The number of benzene rings is 2. The summed E-state index contributed by atoms with van der Waals surface area (Å²) in [5.74, 6) is -2.13. The Kier molecular flexibility index (Phi) is 7.94. The Hall–Kier alpha value is -4.34. The smallest absolute Gasteiger partial charge is 0.331 e. The first-order chi connectivity index (χ1) is 14.3. The third kappa shape index (κ3) is 7.72. The van der Waals surface area contributed by atoms with Gasteiger partial charge in [-0.3, -0.25) is 19.2 Å². The zero-order chi connectivity index (χ0) is 21.9. The van der Waals surface area contributed by atoms with E-state index in [1.54, 1.807) is 48.5 Å². The fourth-order valence-corrected chi connectivity index (χ4v) is 2.01. The van der Waals surface area contributed by atoms with Gasteiger partial charge in [-0.15, -0.1) is 0 Å². The summed E-state index contributed by atoms with van der Waals surface area (Å²) in [6, 6.07) is 12.7. The maximum absolute atomic E-state index is 11.7. The molecule has 0 unspecified atom stereocenters. The second-order valence-electron chi connectivity index (χ2n) is 5.72. The molecule has 154 valence electrons. The normalized spacial score (nSPS) is 10.6.